The molecule has 0 aliphatic heterocycles. The van der Waals surface area contributed by atoms with Crippen molar-refractivity contribution in [2.45, 2.75) is 19.9 Å². The van der Waals surface area contributed by atoms with Crippen molar-refractivity contribution in [1.82, 2.24) is 0 Å². The number of halogens is 1. The zero-order valence-electron chi connectivity index (χ0n) is 12.3. The second-order valence-corrected chi connectivity index (χ2v) is 5.27. The average Bonchev–Trinajstić information content (AvgIpc) is 2.49. The average molecular weight is 306 g/mol. The van der Waals surface area contributed by atoms with Gasteiger partial charge in [-0.3, -0.25) is 0 Å². The molecule has 2 aromatic rings. The van der Waals surface area contributed by atoms with Crippen LogP contribution in [0.5, 0.6) is 11.5 Å². The summed E-state index contributed by atoms with van der Waals surface area (Å²) in [6.07, 6.45) is 0. The third kappa shape index (κ3) is 4.38. The van der Waals surface area contributed by atoms with Crippen molar-refractivity contribution < 1.29 is 9.47 Å². The highest BCUT2D eigenvalue weighted by atomic mass is 35.5. The molecule has 1 unspecified atom stereocenters. The van der Waals surface area contributed by atoms with E-state index in [1.807, 2.05) is 56.3 Å². The van der Waals surface area contributed by atoms with Crippen LogP contribution in [-0.4, -0.2) is 13.2 Å². The second kappa shape index (κ2) is 7.34. The molecule has 4 heteroatoms. The predicted molar refractivity (Wildman–Crippen MR) is 86.2 cm³/mol. The molecule has 1 atom stereocenters. The fourth-order valence-electron chi connectivity index (χ4n) is 1.98. The van der Waals surface area contributed by atoms with Crippen molar-refractivity contribution in [1.29, 1.82) is 0 Å². The van der Waals surface area contributed by atoms with Crippen molar-refractivity contribution in [2.24, 2.45) is 5.73 Å². The van der Waals surface area contributed by atoms with E-state index in [2.05, 4.69) is 0 Å². The van der Waals surface area contributed by atoms with Crippen LogP contribution in [0.1, 0.15) is 24.1 Å². The van der Waals surface area contributed by atoms with Gasteiger partial charge in [-0.25, -0.2) is 0 Å². The molecule has 0 aliphatic carbocycles. The number of hydrogen-bond acceptors (Lipinski definition) is 3. The summed E-state index contributed by atoms with van der Waals surface area (Å²) in [5.74, 6) is 1.61. The largest absolute Gasteiger partial charge is 0.494 e. The minimum atomic E-state index is -0.195. The van der Waals surface area contributed by atoms with Crippen molar-refractivity contribution in [2.75, 3.05) is 13.2 Å². The van der Waals surface area contributed by atoms with Gasteiger partial charge in [-0.05, 0) is 49.2 Å². The van der Waals surface area contributed by atoms with Crippen molar-refractivity contribution in [3.8, 4) is 11.5 Å². The van der Waals surface area contributed by atoms with E-state index in [4.69, 9.17) is 26.8 Å². The van der Waals surface area contributed by atoms with Crippen LogP contribution in [-0.2, 0) is 0 Å². The summed E-state index contributed by atoms with van der Waals surface area (Å²) in [5, 5.41) is 0.658. The number of rotatable bonds is 6. The molecule has 0 aliphatic rings. The van der Waals surface area contributed by atoms with Gasteiger partial charge >= 0.3 is 0 Å². The van der Waals surface area contributed by atoms with Crippen LogP contribution in [0.3, 0.4) is 0 Å². The standard InChI is InChI=1S/C17H20ClNO2/c1-3-20-15-8-5-13(6-9-15)16(19)11-21-17-10-14(18)7-4-12(17)2/h4-10,16H,3,11,19H2,1-2H3. The Kier molecular flexibility index (Phi) is 5.48. The normalized spacial score (nSPS) is 12.0. The Bertz CT molecular complexity index is 584. The zero-order chi connectivity index (χ0) is 15.2. The number of ether oxygens (including phenoxy) is 2. The molecule has 0 fully saturated rings. The molecule has 0 bridgehead atoms. The topological polar surface area (TPSA) is 44.5 Å². The lowest BCUT2D eigenvalue weighted by molar-refractivity contribution is 0.288. The van der Waals surface area contributed by atoms with Crippen molar-refractivity contribution >= 4 is 11.6 Å². The summed E-state index contributed by atoms with van der Waals surface area (Å²) in [4.78, 5) is 0. The highest BCUT2D eigenvalue weighted by molar-refractivity contribution is 6.30. The number of benzene rings is 2. The lowest BCUT2D eigenvalue weighted by Crippen LogP contribution is -2.19. The zero-order valence-corrected chi connectivity index (χ0v) is 13.1. The maximum atomic E-state index is 6.16. The van der Waals surface area contributed by atoms with E-state index < -0.39 is 0 Å². The number of aryl methyl sites for hydroxylation is 1. The Morgan fingerprint density at radius 1 is 1.10 bits per heavy atom. The van der Waals surface area contributed by atoms with Crippen LogP contribution in [0.2, 0.25) is 5.02 Å². The molecule has 0 heterocycles. The first-order chi connectivity index (χ1) is 10.1. The summed E-state index contributed by atoms with van der Waals surface area (Å²) >= 11 is 5.97. The van der Waals surface area contributed by atoms with Gasteiger partial charge in [0.2, 0.25) is 0 Å². The maximum absolute atomic E-state index is 6.16. The second-order valence-electron chi connectivity index (χ2n) is 4.83. The molecule has 0 radical (unpaired) electrons. The number of hydrogen-bond donors (Lipinski definition) is 1. The van der Waals surface area contributed by atoms with Crippen molar-refractivity contribution in [3.05, 3.63) is 58.6 Å². The molecule has 0 spiro atoms. The van der Waals surface area contributed by atoms with Gasteiger partial charge < -0.3 is 15.2 Å². The third-order valence-corrected chi connectivity index (χ3v) is 3.42. The smallest absolute Gasteiger partial charge is 0.123 e. The fraction of sp³-hybridized carbons (Fsp3) is 0.294. The lowest BCUT2D eigenvalue weighted by atomic mass is 10.1. The van der Waals surface area contributed by atoms with Crippen LogP contribution >= 0.6 is 11.6 Å². The van der Waals surface area contributed by atoms with Gasteiger partial charge in [0.15, 0.2) is 0 Å². The van der Waals surface area contributed by atoms with E-state index in [1.54, 1.807) is 0 Å². The van der Waals surface area contributed by atoms with E-state index in [-0.39, 0.29) is 6.04 Å². The molecular weight excluding hydrogens is 286 g/mol. The molecule has 3 nitrogen and oxygen atoms in total. The summed E-state index contributed by atoms with van der Waals surface area (Å²) in [6, 6.07) is 13.2. The van der Waals surface area contributed by atoms with Crippen LogP contribution in [0.25, 0.3) is 0 Å². The first-order valence-electron chi connectivity index (χ1n) is 6.97. The van der Waals surface area contributed by atoms with Crippen molar-refractivity contribution in [3.63, 3.8) is 0 Å². The van der Waals surface area contributed by atoms with Crippen LogP contribution in [0.4, 0.5) is 0 Å². The molecule has 0 saturated heterocycles. The van der Waals surface area contributed by atoms with Gasteiger partial charge in [-0.1, -0.05) is 29.8 Å². The quantitative estimate of drug-likeness (QED) is 0.873. The van der Waals surface area contributed by atoms with Gasteiger partial charge in [0.25, 0.3) is 0 Å². The monoisotopic (exact) mass is 305 g/mol. The van der Waals surface area contributed by atoms with Crippen LogP contribution in [0.15, 0.2) is 42.5 Å². The molecule has 21 heavy (non-hydrogen) atoms. The van der Waals surface area contributed by atoms with Gasteiger partial charge in [0.1, 0.15) is 18.1 Å². The van der Waals surface area contributed by atoms with Crippen LogP contribution < -0.4 is 15.2 Å². The molecule has 2 aromatic carbocycles. The molecule has 112 valence electrons. The summed E-state index contributed by atoms with van der Waals surface area (Å²) in [6.45, 7) is 4.99. The molecule has 2 rings (SSSR count). The number of nitrogens with two attached hydrogens (primary N) is 1. The molecule has 2 N–H and O–H groups in total. The minimum Gasteiger partial charge on any atom is -0.494 e. The van der Waals surface area contributed by atoms with E-state index >= 15 is 0 Å². The Balaban J connectivity index is 1.97. The van der Waals surface area contributed by atoms with Gasteiger partial charge in [-0.2, -0.15) is 0 Å². The Hall–Kier alpha value is -1.71. The van der Waals surface area contributed by atoms with Gasteiger partial charge in [0.05, 0.1) is 12.6 Å². The Labute approximate surface area is 130 Å². The summed E-state index contributed by atoms with van der Waals surface area (Å²) in [5.41, 5.74) is 8.21. The van der Waals surface area contributed by atoms with E-state index in [0.29, 0.717) is 18.2 Å². The molecule has 0 aromatic heterocycles. The predicted octanol–water partition coefficient (Wildman–Crippen LogP) is 4.13. The highest BCUT2D eigenvalue weighted by Crippen LogP contribution is 2.24. The van der Waals surface area contributed by atoms with Crippen LogP contribution in [0, 0.1) is 6.92 Å². The third-order valence-electron chi connectivity index (χ3n) is 3.19. The van der Waals surface area contributed by atoms with E-state index in [1.165, 1.54) is 0 Å². The van der Waals surface area contributed by atoms with E-state index in [0.717, 1.165) is 22.6 Å². The highest BCUT2D eigenvalue weighted by Gasteiger charge is 2.09. The van der Waals surface area contributed by atoms with Gasteiger partial charge in [-0.15, -0.1) is 0 Å². The summed E-state index contributed by atoms with van der Waals surface area (Å²) < 4.78 is 11.2. The first-order valence-corrected chi connectivity index (χ1v) is 7.35. The molecule has 0 saturated carbocycles. The molecular formula is C17H20ClNO2. The lowest BCUT2D eigenvalue weighted by Gasteiger charge is -2.15. The minimum absolute atomic E-state index is 0.195. The Morgan fingerprint density at radius 3 is 2.48 bits per heavy atom. The fourth-order valence-corrected chi connectivity index (χ4v) is 2.15. The Morgan fingerprint density at radius 2 is 1.81 bits per heavy atom. The van der Waals surface area contributed by atoms with E-state index in [9.17, 15) is 0 Å². The first kappa shape index (κ1) is 15.7. The summed E-state index contributed by atoms with van der Waals surface area (Å²) in [7, 11) is 0. The molecule has 0 amide bonds. The maximum Gasteiger partial charge on any atom is 0.123 e. The van der Waals surface area contributed by atoms with Gasteiger partial charge in [0, 0.05) is 5.02 Å². The SMILES string of the molecule is CCOc1ccc(C(N)COc2cc(Cl)ccc2C)cc1.